The van der Waals surface area contributed by atoms with Gasteiger partial charge >= 0.3 is 5.97 Å². The summed E-state index contributed by atoms with van der Waals surface area (Å²) in [5, 5.41) is 13.2. The molecule has 1 aromatic carbocycles. The minimum Gasteiger partial charge on any atom is -0.384 e. The maximum atomic E-state index is 13.8. The van der Waals surface area contributed by atoms with Gasteiger partial charge in [-0.1, -0.05) is 25.4 Å². The summed E-state index contributed by atoms with van der Waals surface area (Å²) in [6, 6.07) is 5.92. The standard InChI is InChI=1S/C29H32ClN3O4/c1-4-29(36)12-26(34)37-15-21-22(29)10-25-27-20(14-33(25)28(21)35)19(13-32-7-5-16(2)6-8-32)18-9-17(3)23(30)11-24(18)31-27/h9-11,16,36H,4-8,12-15H2,1-3H3/p+1/t29-/m1/s1. The molecule has 1 fully saturated rings. The first-order chi connectivity index (χ1) is 17.7. The fourth-order valence-electron chi connectivity index (χ4n) is 6.13. The number of rotatable bonds is 3. The van der Waals surface area contributed by atoms with Crippen molar-refractivity contribution in [1.29, 1.82) is 0 Å². The Morgan fingerprint density at radius 2 is 2.00 bits per heavy atom. The Balaban J connectivity index is 1.56. The molecule has 6 rings (SSSR count). The fourth-order valence-corrected chi connectivity index (χ4v) is 6.29. The van der Waals surface area contributed by atoms with E-state index in [0.29, 0.717) is 34.8 Å². The molecule has 0 spiro atoms. The summed E-state index contributed by atoms with van der Waals surface area (Å²) in [7, 11) is 0. The Morgan fingerprint density at radius 3 is 2.73 bits per heavy atom. The maximum absolute atomic E-state index is 13.8. The highest BCUT2D eigenvalue weighted by Gasteiger charge is 2.43. The number of halogens is 1. The van der Waals surface area contributed by atoms with E-state index >= 15 is 0 Å². The number of pyridine rings is 2. The van der Waals surface area contributed by atoms with Crippen LogP contribution in [0, 0.1) is 12.8 Å². The third-order valence-corrected chi connectivity index (χ3v) is 9.02. The molecule has 8 heteroatoms. The van der Waals surface area contributed by atoms with E-state index in [4.69, 9.17) is 21.3 Å². The molecule has 7 nitrogen and oxygen atoms in total. The molecule has 0 aliphatic carbocycles. The van der Waals surface area contributed by atoms with E-state index in [1.54, 1.807) is 4.57 Å². The number of carbonyl (C=O) groups excluding carboxylic acids is 1. The van der Waals surface area contributed by atoms with Crippen molar-refractivity contribution in [1.82, 2.24) is 14.5 Å². The Hall–Kier alpha value is -2.74. The number of piperidine rings is 1. The van der Waals surface area contributed by atoms with Gasteiger partial charge in [0.1, 0.15) is 12.0 Å². The molecule has 0 saturated carbocycles. The third-order valence-electron chi connectivity index (χ3n) is 8.61. The molecule has 0 amide bonds. The van der Waals surface area contributed by atoms with Crippen LogP contribution in [0.2, 0.25) is 5.02 Å². The summed E-state index contributed by atoms with van der Waals surface area (Å²) in [5.74, 6) is 0.490. The van der Waals surface area contributed by atoms with E-state index in [1.807, 2.05) is 26.0 Å². The summed E-state index contributed by atoms with van der Waals surface area (Å²) in [6.45, 7) is 9.41. The zero-order valence-corrected chi connectivity index (χ0v) is 22.4. The maximum Gasteiger partial charge on any atom is 0.486 e. The second-order valence-corrected chi connectivity index (χ2v) is 11.5. The number of aliphatic hydroxyl groups is 1. The van der Waals surface area contributed by atoms with Gasteiger partial charge in [-0.3, -0.25) is 9.69 Å². The largest absolute Gasteiger partial charge is 0.486 e. The van der Waals surface area contributed by atoms with Crippen LogP contribution >= 0.6 is 11.6 Å². The summed E-state index contributed by atoms with van der Waals surface area (Å²) in [6.07, 6.45) is 2.64. The Kier molecular flexibility index (Phi) is 5.93. The minimum absolute atomic E-state index is 0.0646. The predicted octanol–water partition coefficient (Wildman–Crippen LogP) is 4.64. The number of likely N-dealkylation sites (tertiary alicyclic amines) is 1. The van der Waals surface area contributed by atoms with E-state index in [1.165, 1.54) is 18.4 Å². The molecule has 1 saturated heterocycles. The van der Waals surface area contributed by atoms with Crippen molar-refractivity contribution in [3.8, 4) is 11.4 Å². The first-order valence-electron chi connectivity index (χ1n) is 13.2. The van der Waals surface area contributed by atoms with Gasteiger partial charge in [0.15, 0.2) is 0 Å². The highest BCUT2D eigenvalue weighted by molar-refractivity contribution is 6.32. The van der Waals surface area contributed by atoms with Gasteiger partial charge in [-0.05, 0) is 74.5 Å². The summed E-state index contributed by atoms with van der Waals surface area (Å²) in [4.78, 5) is 31.5. The van der Waals surface area contributed by atoms with Crippen LogP contribution in [0.1, 0.15) is 67.3 Å². The molecule has 0 unspecified atom stereocenters. The average molecular weight is 523 g/mol. The molecule has 37 heavy (non-hydrogen) atoms. The van der Waals surface area contributed by atoms with Gasteiger partial charge in [0.25, 0.3) is 5.56 Å². The normalized spacial score (nSPS) is 21.9. The lowest BCUT2D eigenvalue weighted by Gasteiger charge is -2.31. The van der Waals surface area contributed by atoms with Crippen molar-refractivity contribution in [2.45, 2.75) is 71.8 Å². The SMILES string of the molecule is CC[C@@]1(O)CC(=[OH+])OCc2c1cc1n(c2=O)Cc2c-1nc1cc(Cl)c(C)cc1c2CN1CCC(C)CC1. The van der Waals surface area contributed by atoms with Gasteiger partial charge in [0.2, 0.25) is 6.61 Å². The second kappa shape index (κ2) is 8.93. The van der Waals surface area contributed by atoms with Crippen LogP contribution in [-0.2, 0) is 30.0 Å². The van der Waals surface area contributed by atoms with Crippen LogP contribution < -0.4 is 5.56 Å². The molecule has 1 atom stereocenters. The molecule has 5 heterocycles. The highest BCUT2D eigenvalue weighted by Crippen LogP contribution is 2.41. The van der Waals surface area contributed by atoms with E-state index in [0.717, 1.165) is 53.3 Å². The number of esters is 1. The number of ether oxygens (including phenoxy) is 1. The van der Waals surface area contributed by atoms with Gasteiger partial charge < -0.3 is 19.2 Å². The number of aryl methyl sites for hydroxylation is 1. The number of benzene rings is 1. The van der Waals surface area contributed by atoms with Crippen LogP contribution in [0.15, 0.2) is 23.0 Å². The van der Waals surface area contributed by atoms with Crippen molar-refractivity contribution in [2.75, 3.05) is 13.1 Å². The number of nitrogens with zero attached hydrogens (tertiary/aromatic N) is 3. The first kappa shape index (κ1) is 24.6. The second-order valence-electron chi connectivity index (χ2n) is 11.1. The average Bonchev–Trinajstić information content (AvgIpc) is 3.17. The molecule has 2 aromatic heterocycles. The van der Waals surface area contributed by atoms with Crippen molar-refractivity contribution in [3.05, 3.63) is 61.4 Å². The number of fused-ring (bicyclic) bond motifs is 5. The fraction of sp³-hybridized carbons (Fsp3) is 0.483. The highest BCUT2D eigenvalue weighted by atomic mass is 35.5. The zero-order valence-electron chi connectivity index (χ0n) is 21.6. The van der Waals surface area contributed by atoms with Crippen molar-refractivity contribution in [3.63, 3.8) is 0 Å². The molecule has 3 aliphatic heterocycles. The third kappa shape index (κ3) is 3.99. The molecule has 0 radical (unpaired) electrons. The van der Waals surface area contributed by atoms with Crippen LogP contribution in [-0.4, -0.2) is 43.4 Å². The van der Waals surface area contributed by atoms with Gasteiger partial charge in [-0.15, -0.1) is 0 Å². The monoisotopic (exact) mass is 522 g/mol. The summed E-state index contributed by atoms with van der Waals surface area (Å²) < 4.78 is 7.17. The van der Waals surface area contributed by atoms with Gasteiger partial charge in [-0.25, -0.2) is 4.98 Å². The topological polar surface area (TPSA) is 89.0 Å². The molecular weight excluding hydrogens is 490 g/mol. The van der Waals surface area contributed by atoms with Crippen molar-refractivity contribution < 1.29 is 14.6 Å². The van der Waals surface area contributed by atoms with E-state index in [2.05, 4.69) is 17.9 Å². The zero-order chi connectivity index (χ0) is 26.1. The van der Waals surface area contributed by atoms with Crippen molar-refractivity contribution >= 4 is 28.5 Å². The van der Waals surface area contributed by atoms with Gasteiger partial charge in [0.05, 0.1) is 29.0 Å². The molecule has 3 aromatic rings. The summed E-state index contributed by atoms with van der Waals surface area (Å²) >= 11 is 6.53. The Bertz CT molecular complexity index is 1510. The van der Waals surface area contributed by atoms with Crippen LogP contribution in [0.5, 0.6) is 0 Å². The number of aromatic nitrogens is 2. The van der Waals surface area contributed by atoms with E-state index in [-0.39, 0.29) is 24.6 Å². The van der Waals surface area contributed by atoms with Crippen LogP contribution in [0.25, 0.3) is 22.3 Å². The lowest BCUT2D eigenvalue weighted by Crippen LogP contribution is -2.33. The number of cyclic esters (lactones) is 1. The quantitative estimate of drug-likeness (QED) is 0.313. The lowest BCUT2D eigenvalue weighted by atomic mass is 9.85. The van der Waals surface area contributed by atoms with Gasteiger partial charge in [-0.2, -0.15) is 0 Å². The minimum atomic E-state index is -1.39. The van der Waals surface area contributed by atoms with E-state index in [9.17, 15) is 14.7 Å². The Labute approximate surface area is 221 Å². The molecule has 194 valence electrons. The van der Waals surface area contributed by atoms with Crippen molar-refractivity contribution in [2.24, 2.45) is 5.92 Å². The molecule has 2 N–H and O–H groups in total. The number of hydrogen-bond donors (Lipinski definition) is 1. The van der Waals surface area contributed by atoms with E-state index < -0.39 is 5.60 Å². The summed E-state index contributed by atoms with van der Waals surface area (Å²) in [5.41, 5.74) is 4.83. The van der Waals surface area contributed by atoms with Crippen LogP contribution in [0.4, 0.5) is 0 Å². The molecular formula is C29H33ClN3O4+. The smallest absolute Gasteiger partial charge is 0.384 e. The number of hydrogen-bond acceptors (Lipinski definition) is 5. The first-order valence-corrected chi connectivity index (χ1v) is 13.6. The Morgan fingerprint density at radius 1 is 1.24 bits per heavy atom. The van der Waals surface area contributed by atoms with Gasteiger partial charge in [0, 0.05) is 28.1 Å². The van der Waals surface area contributed by atoms with Crippen LogP contribution in [0.3, 0.4) is 0 Å². The lowest BCUT2D eigenvalue weighted by molar-refractivity contribution is 0.0355. The molecule has 3 aliphatic rings. The predicted molar refractivity (Wildman–Crippen MR) is 144 cm³/mol. The molecule has 0 bridgehead atoms.